The number of rotatable bonds is 7. The van der Waals surface area contributed by atoms with E-state index in [4.69, 9.17) is 18.9 Å². The van der Waals surface area contributed by atoms with E-state index in [1.807, 2.05) is 13.8 Å². The summed E-state index contributed by atoms with van der Waals surface area (Å²) >= 11 is 0. The van der Waals surface area contributed by atoms with Gasteiger partial charge in [0.25, 0.3) is 0 Å². The summed E-state index contributed by atoms with van der Waals surface area (Å²) < 4.78 is 23.7. The summed E-state index contributed by atoms with van der Waals surface area (Å²) in [6.45, 7) is 6.60. The second-order valence-electron chi connectivity index (χ2n) is 6.11. The monoisotopic (exact) mass is 318 g/mol. The smallest absolute Gasteiger partial charge is 0.184 e. The van der Waals surface area contributed by atoms with Crippen LogP contribution >= 0.6 is 0 Å². The first kappa shape index (κ1) is 18.1. The molecule has 130 valence electrons. The van der Waals surface area contributed by atoms with E-state index in [2.05, 4.69) is 6.92 Å². The third kappa shape index (κ3) is 3.80. The van der Waals surface area contributed by atoms with Crippen molar-refractivity contribution in [3.63, 3.8) is 0 Å². The molecule has 0 spiro atoms. The SMILES string of the molecule is CCCCO[C@H]1C[C@@H](CO)OC(O)[C@@H]2OC(CC)(CC)O[C@H]12. The molecular formula is C16H30O6. The highest BCUT2D eigenvalue weighted by Crippen LogP contribution is 2.40. The molecule has 2 rings (SSSR count). The maximum Gasteiger partial charge on any atom is 0.184 e. The Morgan fingerprint density at radius 2 is 1.82 bits per heavy atom. The lowest BCUT2D eigenvalue weighted by Gasteiger charge is -2.28. The lowest BCUT2D eigenvalue weighted by Crippen LogP contribution is -2.41. The average Bonchev–Trinajstić information content (AvgIpc) is 2.88. The molecule has 0 aromatic rings. The fraction of sp³-hybridized carbons (Fsp3) is 1.00. The molecule has 0 radical (unpaired) electrons. The molecule has 0 saturated carbocycles. The topological polar surface area (TPSA) is 77.4 Å². The molecule has 0 bridgehead atoms. The molecule has 22 heavy (non-hydrogen) atoms. The molecule has 0 aliphatic carbocycles. The van der Waals surface area contributed by atoms with Gasteiger partial charge in [-0.25, -0.2) is 0 Å². The van der Waals surface area contributed by atoms with Gasteiger partial charge in [0.2, 0.25) is 0 Å². The largest absolute Gasteiger partial charge is 0.394 e. The Balaban J connectivity index is 2.14. The minimum atomic E-state index is -1.11. The molecule has 0 aromatic carbocycles. The average molecular weight is 318 g/mol. The summed E-state index contributed by atoms with van der Waals surface area (Å²) in [5.41, 5.74) is 0. The Bertz CT molecular complexity index is 333. The van der Waals surface area contributed by atoms with Gasteiger partial charge in [0.05, 0.1) is 18.8 Å². The van der Waals surface area contributed by atoms with Gasteiger partial charge in [-0.2, -0.15) is 0 Å². The Kier molecular flexibility index (Phi) is 6.61. The van der Waals surface area contributed by atoms with Gasteiger partial charge in [-0.3, -0.25) is 0 Å². The summed E-state index contributed by atoms with van der Waals surface area (Å²) in [5, 5.41) is 19.7. The van der Waals surface area contributed by atoms with Crippen LogP contribution in [0.5, 0.6) is 0 Å². The molecule has 2 saturated heterocycles. The van der Waals surface area contributed by atoms with Crippen molar-refractivity contribution in [3.05, 3.63) is 0 Å². The molecule has 2 N–H and O–H groups in total. The van der Waals surface area contributed by atoms with Gasteiger partial charge in [-0.1, -0.05) is 27.2 Å². The zero-order valence-electron chi connectivity index (χ0n) is 13.9. The lowest BCUT2D eigenvalue weighted by atomic mass is 10.0. The van der Waals surface area contributed by atoms with Crippen LogP contribution in [0.4, 0.5) is 0 Å². The van der Waals surface area contributed by atoms with Crippen LogP contribution in [0.3, 0.4) is 0 Å². The quantitative estimate of drug-likeness (QED) is 0.694. The van der Waals surface area contributed by atoms with Crippen LogP contribution in [0.1, 0.15) is 52.9 Å². The summed E-state index contributed by atoms with van der Waals surface area (Å²) in [4.78, 5) is 0. The van der Waals surface area contributed by atoms with Crippen molar-refractivity contribution in [1.29, 1.82) is 0 Å². The van der Waals surface area contributed by atoms with Gasteiger partial charge in [0.15, 0.2) is 12.1 Å². The van der Waals surface area contributed by atoms with Gasteiger partial charge >= 0.3 is 0 Å². The highest BCUT2D eigenvalue weighted by Gasteiger charge is 2.54. The molecule has 2 fully saturated rings. The maximum atomic E-state index is 10.3. The van der Waals surface area contributed by atoms with E-state index < -0.39 is 24.3 Å². The molecule has 5 atom stereocenters. The number of ether oxygens (including phenoxy) is 4. The lowest BCUT2D eigenvalue weighted by molar-refractivity contribution is -0.234. The predicted octanol–water partition coefficient (Wildman–Crippen LogP) is 1.57. The fourth-order valence-electron chi connectivity index (χ4n) is 3.13. The van der Waals surface area contributed by atoms with Crippen LogP contribution in [-0.4, -0.2) is 59.9 Å². The van der Waals surface area contributed by atoms with Gasteiger partial charge < -0.3 is 29.2 Å². The van der Waals surface area contributed by atoms with E-state index in [9.17, 15) is 10.2 Å². The van der Waals surface area contributed by atoms with Crippen LogP contribution in [0.25, 0.3) is 0 Å². The predicted molar refractivity (Wildman–Crippen MR) is 80.3 cm³/mol. The second kappa shape index (κ2) is 8.04. The summed E-state index contributed by atoms with van der Waals surface area (Å²) in [7, 11) is 0. The molecular weight excluding hydrogens is 288 g/mol. The highest BCUT2D eigenvalue weighted by atomic mass is 16.8. The first-order chi connectivity index (χ1) is 10.6. The molecule has 2 aliphatic heterocycles. The Morgan fingerprint density at radius 3 is 2.41 bits per heavy atom. The van der Waals surface area contributed by atoms with Crippen LogP contribution in [0.15, 0.2) is 0 Å². The summed E-state index contributed by atoms with van der Waals surface area (Å²) in [5.74, 6) is -0.682. The van der Waals surface area contributed by atoms with Crippen LogP contribution in [0, 0.1) is 0 Å². The van der Waals surface area contributed by atoms with Crippen molar-refractivity contribution < 1.29 is 29.2 Å². The minimum Gasteiger partial charge on any atom is -0.394 e. The minimum absolute atomic E-state index is 0.156. The summed E-state index contributed by atoms with van der Waals surface area (Å²) in [6, 6.07) is 0. The molecule has 0 aromatic heterocycles. The number of aliphatic hydroxyl groups is 2. The van der Waals surface area contributed by atoms with E-state index in [0.29, 0.717) is 25.9 Å². The first-order valence-corrected chi connectivity index (χ1v) is 8.50. The van der Waals surface area contributed by atoms with E-state index in [-0.39, 0.29) is 18.8 Å². The van der Waals surface area contributed by atoms with Gasteiger partial charge in [0, 0.05) is 13.0 Å². The number of hydrogen-bond acceptors (Lipinski definition) is 6. The van der Waals surface area contributed by atoms with Crippen molar-refractivity contribution in [2.24, 2.45) is 0 Å². The van der Waals surface area contributed by atoms with Crippen LogP contribution in [0.2, 0.25) is 0 Å². The number of aliphatic hydroxyl groups excluding tert-OH is 2. The standard InChI is InChI=1S/C16H30O6/c1-4-7-8-19-12-9-11(10-17)20-15(18)14-13(12)21-16(5-2,6-3)22-14/h11-15,17-18H,4-10H2,1-3H3/t11-,12-,13+,14+,15?/m0/s1. The van der Waals surface area contributed by atoms with Crippen molar-refractivity contribution in [1.82, 2.24) is 0 Å². The third-order valence-corrected chi connectivity index (χ3v) is 4.61. The molecule has 1 unspecified atom stereocenters. The van der Waals surface area contributed by atoms with Crippen LogP contribution in [-0.2, 0) is 18.9 Å². The molecule has 0 amide bonds. The van der Waals surface area contributed by atoms with E-state index in [1.165, 1.54) is 0 Å². The zero-order valence-corrected chi connectivity index (χ0v) is 13.9. The number of fused-ring (bicyclic) bond motifs is 1. The van der Waals surface area contributed by atoms with E-state index in [0.717, 1.165) is 12.8 Å². The number of hydrogen-bond donors (Lipinski definition) is 2. The highest BCUT2D eigenvalue weighted by molar-refractivity contribution is 4.94. The Hall–Kier alpha value is -0.240. The zero-order chi connectivity index (χ0) is 16.2. The summed E-state index contributed by atoms with van der Waals surface area (Å²) in [6.07, 6.45) is 1.15. The van der Waals surface area contributed by atoms with Gasteiger partial charge in [-0.15, -0.1) is 0 Å². The molecule has 6 heteroatoms. The maximum absolute atomic E-state index is 10.3. The van der Waals surface area contributed by atoms with Crippen molar-refractivity contribution >= 4 is 0 Å². The van der Waals surface area contributed by atoms with Crippen molar-refractivity contribution in [2.45, 2.75) is 89.4 Å². The van der Waals surface area contributed by atoms with E-state index in [1.54, 1.807) is 0 Å². The Morgan fingerprint density at radius 1 is 1.14 bits per heavy atom. The molecule has 2 aliphatic rings. The number of unbranched alkanes of at least 4 members (excludes halogenated alkanes) is 1. The van der Waals surface area contributed by atoms with Gasteiger partial charge in [-0.05, 0) is 19.3 Å². The van der Waals surface area contributed by atoms with Crippen LogP contribution < -0.4 is 0 Å². The van der Waals surface area contributed by atoms with E-state index >= 15 is 0 Å². The second-order valence-corrected chi connectivity index (χ2v) is 6.11. The van der Waals surface area contributed by atoms with Gasteiger partial charge in [0.1, 0.15) is 12.2 Å². The molecule has 6 nitrogen and oxygen atoms in total. The third-order valence-electron chi connectivity index (χ3n) is 4.61. The van der Waals surface area contributed by atoms with Crippen molar-refractivity contribution in [2.75, 3.05) is 13.2 Å². The normalized spacial score (nSPS) is 37.8. The van der Waals surface area contributed by atoms with Crippen molar-refractivity contribution in [3.8, 4) is 0 Å². The Labute approximate surface area is 132 Å². The first-order valence-electron chi connectivity index (χ1n) is 8.50. The molecule has 2 heterocycles. The fourth-order valence-corrected chi connectivity index (χ4v) is 3.13.